The summed E-state index contributed by atoms with van der Waals surface area (Å²) >= 11 is 0. The zero-order chi connectivity index (χ0) is 21.7. The Balaban J connectivity index is 1.71. The maximum absolute atomic E-state index is 14.1. The van der Waals surface area contributed by atoms with Crippen LogP contribution < -0.4 is 26.8 Å². The molecule has 0 radical (unpaired) electrons. The van der Waals surface area contributed by atoms with Gasteiger partial charge in [-0.15, -0.1) is 0 Å². The number of halogens is 1. The van der Waals surface area contributed by atoms with Crippen molar-refractivity contribution in [1.82, 2.24) is 15.3 Å². The van der Waals surface area contributed by atoms with E-state index in [1.807, 2.05) is 0 Å². The lowest BCUT2D eigenvalue weighted by atomic mass is 10.2. The average molecular weight is 431 g/mol. The van der Waals surface area contributed by atoms with Crippen LogP contribution >= 0.6 is 0 Å². The van der Waals surface area contributed by atoms with Gasteiger partial charge in [0.1, 0.15) is 0 Å². The quantitative estimate of drug-likeness (QED) is 0.381. The number of primary amides is 1. The Kier molecular flexibility index (Phi) is 6.09. The van der Waals surface area contributed by atoms with Crippen molar-refractivity contribution in [2.75, 3.05) is 10.6 Å². The fraction of sp³-hybridized carbons (Fsp3) is 0.0556. The number of amides is 2. The first-order chi connectivity index (χ1) is 14.2. The van der Waals surface area contributed by atoms with E-state index in [1.54, 1.807) is 24.3 Å². The van der Waals surface area contributed by atoms with Crippen LogP contribution in [-0.4, -0.2) is 24.4 Å². The summed E-state index contributed by atoms with van der Waals surface area (Å²) in [6.45, 7) is 0.274. The van der Waals surface area contributed by atoms with Crippen LogP contribution in [0.25, 0.3) is 0 Å². The van der Waals surface area contributed by atoms with Crippen molar-refractivity contribution in [2.45, 2.75) is 11.4 Å². The Bertz CT molecular complexity index is 1150. The summed E-state index contributed by atoms with van der Waals surface area (Å²) in [6.07, 6.45) is 1.00. The second-order valence-electron chi connectivity index (χ2n) is 6.12. The Hall–Kier alpha value is -3.77. The zero-order valence-corrected chi connectivity index (χ0v) is 16.3. The highest BCUT2D eigenvalue weighted by molar-refractivity contribution is 7.89. The van der Waals surface area contributed by atoms with Crippen LogP contribution in [-0.2, 0) is 16.6 Å². The summed E-state index contributed by atoms with van der Waals surface area (Å²) in [5.41, 5.74) is 6.90. The predicted molar refractivity (Wildman–Crippen MR) is 109 cm³/mol. The van der Waals surface area contributed by atoms with Gasteiger partial charge >= 0.3 is 6.03 Å². The molecule has 3 rings (SSSR count). The molecule has 0 aliphatic heterocycles. The van der Waals surface area contributed by atoms with Gasteiger partial charge in [0.2, 0.25) is 16.0 Å². The van der Waals surface area contributed by atoms with E-state index in [2.05, 4.69) is 25.9 Å². The number of urea groups is 1. The number of sulfonamides is 1. The Morgan fingerprint density at radius 3 is 2.20 bits per heavy atom. The third-order valence-electron chi connectivity index (χ3n) is 3.87. The van der Waals surface area contributed by atoms with Crippen molar-refractivity contribution in [1.29, 1.82) is 0 Å². The van der Waals surface area contributed by atoms with E-state index in [9.17, 15) is 17.6 Å². The predicted octanol–water partition coefficient (Wildman–Crippen LogP) is 1.92. The van der Waals surface area contributed by atoms with E-state index in [1.165, 1.54) is 24.3 Å². The zero-order valence-electron chi connectivity index (χ0n) is 15.5. The standard InChI is InChI=1S/C18H18FN7O3S/c19-15-10-23-18(25-13-5-7-14(8-6-13)30(21,28)29)26-16(15)24-12-3-1-11(2-4-12)9-22-17(20)27/h1-8,10H,9H2,(H3,20,22,27)(H2,21,28,29)(H2,23,24,25,26). The number of rotatable bonds is 7. The van der Waals surface area contributed by atoms with E-state index in [0.29, 0.717) is 11.4 Å². The van der Waals surface area contributed by atoms with Crippen molar-refractivity contribution in [2.24, 2.45) is 10.9 Å². The topological polar surface area (TPSA) is 165 Å². The fourth-order valence-electron chi connectivity index (χ4n) is 2.40. The van der Waals surface area contributed by atoms with Crippen molar-refractivity contribution < 1.29 is 17.6 Å². The summed E-state index contributed by atoms with van der Waals surface area (Å²) in [4.78, 5) is 18.7. The number of anilines is 4. The Morgan fingerprint density at radius 2 is 1.60 bits per heavy atom. The average Bonchev–Trinajstić information content (AvgIpc) is 2.70. The SMILES string of the molecule is NC(=O)NCc1ccc(Nc2nc(Nc3ccc(S(N)(=O)=O)cc3)ncc2F)cc1. The molecule has 156 valence electrons. The molecule has 2 amide bonds. The Labute approximate surface area is 171 Å². The molecule has 2 aromatic carbocycles. The van der Waals surface area contributed by atoms with Gasteiger partial charge in [0, 0.05) is 17.9 Å². The van der Waals surface area contributed by atoms with Gasteiger partial charge in [0.05, 0.1) is 11.1 Å². The molecule has 0 fully saturated rings. The minimum Gasteiger partial charge on any atom is -0.352 e. The number of primary sulfonamides is 1. The van der Waals surface area contributed by atoms with E-state index >= 15 is 0 Å². The van der Waals surface area contributed by atoms with Crippen molar-refractivity contribution in [3.63, 3.8) is 0 Å². The molecule has 0 saturated carbocycles. The smallest absolute Gasteiger partial charge is 0.312 e. The molecular formula is C18H18FN7O3S. The number of hydrogen-bond donors (Lipinski definition) is 5. The van der Waals surface area contributed by atoms with Gasteiger partial charge in [-0.3, -0.25) is 0 Å². The van der Waals surface area contributed by atoms with Gasteiger partial charge in [0.15, 0.2) is 11.6 Å². The molecule has 10 nitrogen and oxygen atoms in total. The van der Waals surface area contributed by atoms with Gasteiger partial charge in [0.25, 0.3) is 0 Å². The molecule has 7 N–H and O–H groups in total. The molecule has 0 atom stereocenters. The minimum atomic E-state index is -3.80. The van der Waals surface area contributed by atoms with Crippen LogP contribution in [0.4, 0.5) is 32.3 Å². The highest BCUT2D eigenvalue weighted by atomic mass is 32.2. The van der Waals surface area contributed by atoms with Crippen LogP contribution in [0, 0.1) is 5.82 Å². The van der Waals surface area contributed by atoms with Gasteiger partial charge < -0.3 is 21.7 Å². The normalized spacial score (nSPS) is 11.0. The largest absolute Gasteiger partial charge is 0.352 e. The van der Waals surface area contributed by atoms with E-state index in [0.717, 1.165) is 11.8 Å². The van der Waals surface area contributed by atoms with Gasteiger partial charge in [-0.1, -0.05) is 12.1 Å². The fourth-order valence-corrected chi connectivity index (χ4v) is 2.92. The molecule has 0 saturated heterocycles. The number of nitrogens with one attached hydrogen (secondary N) is 3. The van der Waals surface area contributed by atoms with Gasteiger partial charge in [-0.2, -0.15) is 4.98 Å². The molecule has 12 heteroatoms. The highest BCUT2D eigenvalue weighted by Gasteiger charge is 2.10. The summed E-state index contributed by atoms with van der Waals surface area (Å²) in [7, 11) is -3.80. The third kappa shape index (κ3) is 5.62. The molecule has 0 aliphatic rings. The van der Waals surface area contributed by atoms with Crippen LogP contribution in [0.3, 0.4) is 0 Å². The second-order valence-corrected chi connectivity index (χ2v) is 7.69. The molecule has 30 heavy (non-hydrogen) atoms. The van der Waals surface area contributed by atoms with E-state index in [4.69, 9.17) is 10.9 Å². The number of aromatic nitrogens is 2. The summed E-state index contributed by atoms with van der Waals surface area (Å²) in [5, 5.41) is 13.2. The summed E-state index contributed by atoms with van der Waals surface area (Å²) in [5.74, 6) is -0.620. The van der Waals surface area contributed by atoms with Crippen LogP contribution in [0.1, 0.15) is 5.56 Å². The van der Waals surface area contributed by atoms with Crippen molar-refractivity contribution in [3.05, 3.63) is 66.1 Å². The molecule has 0 spiro atoms. The monoisotopic (exact) mass is 431 g/mol. The first-order valence-corrected chi connectivity index (χ1v) is 10.1. The molecule has 0 bridgehead atoms. The summed E-state index contributed by atoms with van der Waals surface area (Å²) < 4.78 is 36.7. The number of hydrogen-bond acceptors (Lipinski definition) is 7. The second kappa shape index (κ2) is 8.71. The number of carbonyl (C=O) groups excluding carboxylic acids is 1. The molecule has 1 heterocycles. The van der Waals surface area contributed by atoms with Crippen molar-refractivity contribution >= 4 is 39.2 Å². The third-order valence-corrected chi connectivity index (χ3v) is 4.80. The molecule has 0 unspecified atom stereocenters. The molecule has 1 aromatic heterocycles. The molecule has 0 aliphatic carbocycles. The Morgan fingerprint density at radius 1 is 1.00 bits per heavy atom. The maximum Gasteiger partial charge on any atom is 0.312 e. The minimum absolute atomic E-state index is 0.0371. The number of nitrogens with zero attached hydrogens (tertiary/aromatic N) is 2. The summed E-state index contributed by atoms with van der Waals surface area (Å²) in [6, 6.07) is 11.9. The maximum atomic E-state index is 14.1. The molecule has 3 aromatic rings. The number of carbonyl (C=O) groups is 1. The lowest BCUT2D eigenvalue weighted by Crippen LogP contribution is -2.28. The van der Waals surface area contributed by atoms with Crippen LogP contribution in [0.15, 0.2) is 59.6 Å². The van der Waals surface area contributed by atoms with Gasteiger partial charge in [-0.25, -0.2) is 27.7 Å². The lowest BCUT2D eigenvalue weighted by Gasteiger charge is -2.10. The lowest BCUT2D eigenvalue weighted by molar-refractivity contribution is 0.248. The first-order valence-electron chi connectivity index (χ1n) is 8.52. The first kappa shape index (κ1) is 21.0. The van der Waals surface area contributed by atoms with Gasteiger partial charge in [-0.05, 0) is 42.0 Å². The number of benzene rings is 2. The van der Waals surface area contributed by atoms with E-state index in [-0.39, 0.29) is 23.2 Å². The number of nitrogens with two attached hydrogens (primary N) is 2. The van der Waals surface area contributed by atoms with Crippen LogP contribution in [0.5, 0.6) is 0 Å². The highest BCUT2D eigenvalue weighted by Crippen LogP contribution is 2.21. The van der Waals surface area contributed by atoms with Crippen LogP contribution in [0.2, 0.25) is 0 Å². The van der Waals surface area contributed by atoms with E-state index < -0.39 is 21.9 Å². The van der Waals surface area contributed by atoms with Crippen molar-refractivity contribution in [3.8, 4) is 0 Å². The molecular weight excluding hydrogens is 413 g/mol.